The highest BCUT2D eigenvalue weighted by molar-refractivity contribution is 5.95. The van der Waals surface area contributed by atoms with Crippen LogP contribution in [0.15, 0.2) is 12.1 Å². The molecule has 204 valence electrons. The summed E-state index contributed by atoms with van der Waals surface area (Å²) < 4.78 is 27.7. The SMILES string of the molecule is COc1cc(C(=O)N(CC(C)C)CC2CN(CC(O)CN3CCOCC3)CCO2)cc(OC)c1OC. The molecule has 0 radical (unpaired) electrons. The Hall–Kier alpha value is -2.11. The van der Waals surface area contributed by atoms with Crippen molar-refractivity contribution in [3.05, 3.63) is 17.7 Å². The van der Waals surface area contributed by atoms with E-state index in [0.717, 1.165) is 32.8 Å². The van der Waals surface area contributed by atoms with Crippen molar-refractivity contribution in [3.63, 3.8) is 0 Å². The van der Waals surface area contributed by atoms with Gasteiger partial charge in [0.15, 0.2) is 11.5 Å². The van der Waals surface area contributed by atoms with E-state index in [-0.39, 0.29) is 17.9 Å². The summed E-state index contributed by atoms with van der Waals surface area (Å²) in [5.74, 6) is 1.51. The van der Waals surface area contributed by atoms with Crippen LogP contribution < -0.4 is 14.2 Å². The van der Waals surface area contributed by atoms with E-state index in [0.29, 0.717) is 62.1 Å². The van der Waals surface area contributed by atoms with Crippen LogP contribution in [0.4, 0.5) is 0 Å². The molecular weight excluding hydrogens is 466 g/mol. The lowest BCUT2D eigenvalue weighted by atomic mass is 10.1. The van der Waals surface area contributed by atoms with Gasteiger partial charge in [-0.05, 0) is 18.1 Å². The summed E-state index contributed by atoms with van der Waals surface area (Å²) in [5, 5.41) is 10.7. The average Bonchev–Trinajstić information content (AvgIpc) is 2.87. The third kappa shape index (κ3) is 7.94. The number of benzene rings is 1. The van der Waals surface area contributed by atoms with E-state index in [1.54, 1.807) is 12.1 Å². The molecule has 2 aliphatic heterocycles. The molecule has 10 nitrogen and oxygen atoms in total. The van der Waals surface area contributed by atoms with Crippen molar-refractivity contribution >= 4 is 5.91 Å². The Morgan fingerprint density at radius 3 is 2.22 bits per heavy atom. The second-order valence-corrected chi connectivity index (χ2v) is 9.84. The maximum absolute atomic E-state index is 13.6. The van der Waals surface area contributed by atoms with E-state index < -0.39 is 6.10 Å². The van der Waals surface area contributed by atoms with Gasteiger partial charge < -0.3 is 33.7 Å². The zero-order valence-electron chi connectivity index (χ0n) is 22.4. The van der Waals surface area contributed by atoms with Gasteiger partial charge in [0.05, 0.1) is 53.4 Å². The van der Waals surface area contributed by atoms with Gasteiger partial charge in [0, 0.05) is 57.9 Å². The number of ether oxygens (including phenoxy) is 5. The molecule has 2 fully saturated rings. The molecule has 0 aliphatic carbocycles. The molecule has 36 heavy (non-hydrogen) atoms. The van der Waals surface area contributed by atoms with Crippen molar-refractivity contribution in [2.75, 3.05) is 93.5 Å². The zero-order valence-corrected chi connectivity index (χ0v) is 22.4. The van der Waals surface area contributed by atoms with Crippen molar-refractivity contribution in [3.8, 4) is 17.2 Å². The molecule has 10 heteroatoms. The Morgan fingerprint density at radius 2 is 1.64 bits per heavy atom. The van der Waals surface area contributed by atoms with Gasteiger partial charge in [0.25, 0.3) is 5.91 Å². The molecule has 3 rings (SSSR count). The van der Waals surface area contributed by atoms with E-state index in [1.165, 1.54) is 21.3 Å². The average molecular weight is 510 g/mol. The van der Waals surface area contributed by atoms with Crippen LogP contribution >= 0.6 is 0 Å². The summed E-state index contributed by atoms with van der Waals surface area (Å²) in [6.45, 7) is 11.6. The molecule has 2 heterocycles. The smallest absolute Gasteiger partial charge is 0.254 e. The van der Waals surface area contributed by atoms with Crippen LogP contribution in [0.3, 0.4) is 0 Å². The number of carbonyl (C=O) groups is 1. The predicted octanol–water partition coefficient (Wildman–Crippen LogP) is 1.20. The van der Waals surface area contributed by atoms with Gasteiger partial charge in [-0.25, -0.2) is 0 Å². The lowest BCUT2D eigenvalue weighted by molar-refractivity contribution is -0.0560. The minimum Gasteiger partial charge on any atom is -0.493 e. The van der Waals surface area contributed by atoms with E-state index in [1.807, 2.05) is 4.90 Å². The first-order chi connectivity index (χ1) is 17.3. The Morgan fingerprint density at radius 1 is 1.03 bits per heavy atom. The summed E-state index contributed by atoms with van der Waals surface area (Å²) in [4.78, 5) is 19.9. The number of amides is 1. The maximum atomic E-state index is 13.6. The molecule has 2 saturated heterocycles. The highest BCUT2D eigenvalue weighted by Gasteiger charge is 2.28. The van der Waals surface area contributed by atoms with E-state index in [2.05, 4.69) is 23.6 Å². The maximum Gasteiger partial charge on any atom is 0.254 e. The summed E-state index contributed by atoms with van der Waals surface area (Å²) in [7, 11) is 4.61. The van der Waals surface area contributed by atoms with Crippen molar-refractivity contribution in [1.29, 1.82) is 0 Å². The van der Waals surface area contributed by atoms with Crippen LogP contribution in [0.1, 0.15) is 24.2 Å². The number of aliphatic hydroxyl groups excluding tert-OH is 1. The molecule has 0 aromatic heterocycles. The fourth-order valence-electron chi connectivity index (χ4n) is 4.81. The predicted molar refractivity (Wildman–Crippen MR) is 136 cm³/mol. The van der Waals surface area contributed by atoms with Gasteiger partial charge in [-0.1, -0.05) is 13.8 Å². The lowest BCUT2D eigenvalue weighted by Crippen LogP contribution is -2.52. The van der Waals surface area contributed by atoms with Gasteiger partial charge in [-0.2, -0.15) is 0 Å². The zero-order chi connectivity index (χ0) is 26.1. The molecule has 0 bridgehead atoms. The molecule has 2 aliphatic rings. The van der Waals surface area contributed by atoms with E-state index >= 15 is 0 Å². The molecule has 1 aromatic carbocycles. The number of methoxy groups -OCH3 is 3. The quantitative estimate of drug-likeness (QED) is 0.446. The first-order valence-electron chi connectivity index (χ1n) is 12.8. The van der Waals surface area contributed by atoms with Crippen LogP contribution in [0, 0.1) is 5.92 Å². The number of morpholine rings is 2. The monoisotopic (exact) mass is 509 g/mol. The van der Waals surface area contributed by atoms with Crippen molar-refractivity contribution < 1.29 is 33.6 Å². The largest absolute Gasteiger partial charge is 0.493 e. The Labute approximate surface area is 215 Å². The Bertz CT molecular complexity index is 807. The highest BCUT2D eigenvalue weighted by atomic mass is 16.5. The minimum absolute atomic E-state index is 0.115. The second kappa shape index (κ2) is 14.0. The third-order valence-electron chi connectivity index (χ3n) is 6.47. The number of β-amino-alcohol motifs (C(OH)–C–C–N with tert-alkyl or cyclic N) is 1. The fraction of sp³-hybridized carbons (Fsp3) is 0.731. The highest BCUT2D eigenvalue weighted by Crippen LogP contribution is 2.38. The summed E-state index contributed by atoms with van der Waals surface area (Å²) >= 11 is 0. The number of aliphatic hydroxyl groups is 1. The van der Waals surface area contributed by atoms with Crippen molar-refractivity contribution in [1.82, 2.24) is 14.7 Å². The molecule has 2 unspecified atom stereocenters. The van der Waals surface area contributed by atoms with Crippen LogP contribution in [0.5, 0.6) is 17.2 Å². The van der Waals surface area contributed by atoms with Crippen molar-refractivity contribution in [2.45, 2.75) is 26.1 Å². The normalized spacial score (nSPS) is 20.2. The van der Waals surface area contributed by atoms with E-state index in [9.17, 15) is 9.90 Å². The molecule has 2 atom stereocenters. The van der Waals surface area contributed by atoms with Crippen LogP contribution in [-0.2, 0) is 9.47 Å². The molecule has 1 amide bonds. The second-order valence-electron chi connectivity index (χ2n) is 9.84. The number of hydrogen-bond donors (Lipinski definition) is 1. The molecule has 0 saturated carbocycles. The minimum atomic E-state index is -0.436. The molecule has 1 N–H and O–H groups in total. The first kappa shape index (κ1) is 28.5. The standard InChI is InChI=1S/C26H43N3O7/c1-19(2)14-29(26(31)20-12-23(32-3)25(34-5)24(13-20)33-4)18-22-17-28(8-11-36-22)16-21(30)15-27-6-9-35-10-7-27/h12-13,19,21-22,30H,6-11,14-18H2,1-5H3. The first-order valence-corrected chi connectivity index (χ1v) is 12.8. The van der Waals surface area contributed by atoms with E-state index in [4.69, 9.17) is 23.7 Å². The van der Waals surface area contributed by atoms with Gasteiger partial charge in [0.1, 0.15) is 0 Å². The van der Waals surface area contributed by atoms with Gasteiger partial charge in [0.2, 0.25) is 5.75 Å². The molecule has 0 spiro atoms. The van der Waals surface area contributed by atoms with Gasteiger partial charge in [-0.3, -0.25) is 14.6 Å². The summed E-state index contributed by atoms with van der Waals surface area (Å²) in [6, 6.07) is 3.38. The van der Waals surface area contributed by atoms with Crippen LogP contribution in [0.2, 0.25) is 0 Å². The molecule has 1 aromatic rings. The molecular formula is C26H43N3O7. The number of rotatable bonds is 12. The number of carbonyl (C=O) groups excluding carboxylic acids is 1. The van der Waals surface area contributed by atoms with Gasteiger partial charge in [-0.15, -0.1) is 0 Å². The summed E-state index contributed by atoms with van der Waals surface area (Å²) in [5.41, 5.74) is 0.471. The number of hydrogen-bond acceptors (Lipinski definition) is 9. The van der Waals surface area contributed by atoms with Gasteiger partial charge >= 0.3 is 0 Å². The van der Waals surface area contributed by atoms with Crippen LogP contribution in [-0.4, -0.2) is 131 Å². The summed E-state index contributed by atoms with van der Waals surface area (Å²) in [6.07, 6.45) is -0.575. The number of nitrogens with zero attached hydrogens (tertiary/aromatic N) is 3. The topological polar surface area (TPSA) is 93.2 Å². The fourth-order valence-corrected chi connectivity index (χ4v) is 4.81. The lowest BCUT2D eigenvalue weighted by Gasteiger charge is -2.37. The van der Waals surface area contributed by atoms with Crippen molar-refractivity contribution in [2.24, 2.45) is 5.92 Å². The Kier molecular flexibility index (Phi) is 11.1. The third-order valence-corrected chi connectivity index (χ3v) is 6.47. The Balaban J connectivity index is 1.65. The van der Waals surface area contributed by atoms with Crippen LogP contribution in [0.25, 0.3) is 0 Å².